The van der Waals surface area contributed by atoms with Crippen LogP contribution in [0.25, 0.3) is 0 Å². The fraction of sp³-hybridized carbons (Fsp3) is 0.857. The zero-order valence-electron chi connectivity index (χ0n) is 12.9. The molecule has 5 nitrogen and oxygen atoms in total. The number of piperidine rings is 1. The van der Waals surface area contributed by atoms with Crippen LogP contribution in [0.4, 0.5) is 13.2 Å². The van der Waals surface area contributed by atoms with Crippen LogP contribution in [0.15, 0.2) is 0 Å². The van der Waals surface area contributed by atoms with Crippen molar-refractivity contribution in [2.45, 2.75) is 51.3 Å². The Balaban J connectivity index is 2.36. The Morgan fingerprint density at radius 2 is 1.82 bits per heavy atom. The summed E-state index contributed by atoms with van der Waals surface area (Å²) in [5.41, 5.74) is -2.72. The third-order valence-electron chi connectivity index (χ3n) is 3.86. The molecule has 1 saturated heterocycles. The first kappa shape index (κ1) is 18.7. The number of nitrogens with one attached hydrogen (secondary N) is 1. The van der Waals surface area contributed by atoms with Crippen LogP contribution >= 0.6 is 0 Å². The molecule has 1 aliphatic heterocycles. The van der Waals surface area contributed by atoms with E-state index < -0.39 is 30.5 Å². The average molecular weight is 324 g/mol. The van der Waals surface area contributed by atoms with E-state index in [0.29, 0.717) is 18.8 Å². The number of alkyl halides is 3. The van der Waals surface area contributed by atoms with E-state index in [0.717, 1.165) is 0 Å². The molecule has 0 saturated carbocycles. The minimum absolute atomic E-state index is 0.170. The molecule has 0 aliphatic carbocycles. The first-order valence-electron chi connectivity index (χ1n) is 7.39. The molecule has 128 valence electrons. The molecule has 0 spiro atoms. The van der Waals surface area contributed by atoms with Crippen molar-refractivity contribution in [1.82, 2.24) is 10.2 Å². The molecule has 0 aromatic carbocycles. The van der Waals surface area contributed by atoms with Crippen molar-refractivity contribution in [3.05, 3.63) is 0 Å². The Labute approximate surface area is 127 Å². The van der Waals surface area contributed by atoms with Crippen LogP contribution in [0.3, 0.4) is 0 Å². The predicted molar refractivity (Wildman–Crippen MR) is 73.9 cm³/mol. The third kappa shape index (κ3) is 5.15. The molecule has 0 aromatic heterocycles. The summed E-state index contributed by atoms with van der Waals surface area (Å²) in [5, 5.41) is 12.0. The van der Waals surface area contributed by atoms with Gasteiger partial charge in [-0.05, 0) is 12.3 Å². The van der Waals surface area contributed by atoms with Crippen LogP contribution < -0.4 is 5.32 Å². The molecular weight excluding hydrogens is 301 g/mol. The van der Waals surface area contributed by atoms with Gasteiger partial charge in [-0.2, -0.15) is 13.2 Å². The number of nitrogens with zero attached hydrogens (tertiary/aromatic N) is 1. The van der Waals surface area contributed by atoms with Gasteiger partial charge >= 0.3 is 6.18 Å². The summed E-state index contributed by atoms with van der Waals surface area (Å²) < 4.78 is 37.9. The van der Waals surface area contributed by atoms with Crippen molar-refractivity contribution in [3.63, 3.8) is 0 Å². The van der Waals surface area contributed by atoms with Gasteiger partial charge in [-0.3, -0.25) is 9.59 Å². The Bertz CT molecular complexity index is 403. The number of likely N-dealkylation sites (tertiary alicyclic amines) is 1. The highest BCUT2D eigenvalue weighted by Gasteiger charge is 2.54. The molecule has 0 aromatic rings. The highest BCUT2D eigenvalue weighted by Crippen LogP contribution is 2.38. The summed E-state index contributed by atoms with van der Waals surface area (Å²) in [5.74, 6) is -0.295. The molecular formula is C14H23F3N2O3. The van der Waals surface area contributed by atoms with E-state index in [-0.39, 0.29) is 25.5 Å². The monoisotopic (exact) mass is 324 g/mol. The highest BCUT2D eigenvalue weighted by molar-refractivity contribution is 5.84. The van der Waals surface area contributed by atoms with Gasteiger partial charge in [0.05, 0.1) is 6.54 Å². The number of rotatable bonds is 5. The van der Waals surface area contributed by atoms with Gasteiger partial charge < -0.3 is 15.3 Å². The van der Waals surface area contributed by atoms with Crippen molar-refractivity contribution in [3.8, 4) is 0 Å². The summed E-state index contributed by atoms with van der Waals surface area (Å²) >= 11 is 0. The number of amides is 2. The van der Waals surface area contributed by atoms with Gasteiger partial charge in [0, 0.05) is 32.4 Å². The van der Waals surface area contributed by atoms with Crippen LogP contribution in [-0.4, -0.2) is 53.2 Å². The molecule has 0 bridgehead atoms. The Hall–Kier alpha value is -1.31. The van der Waals surface area contributed by atoms with Crippen LogP contribution in [-0.2, 0) is 9.59 Å². The molecule has 8 heteroatoms. The fourth-order valence-electron chi connectivity index (χ4n) is 2.20. The molecule has 1 fully saturated rings. The molecule has 2 N–H and O–H groups in total. The Morgan fingerprint density at radius 1 is 1.27 bits per heavy atom. The molecule has 0 atom stereocenters. The normalized spacial score (nSPS) is 18.4. The van der Waals surface area contributed by atoms with Gasteiger partial charge in [0.15, 0.2) is 5.60 Å². The van der Waals surface area contributed by atoms with E-state index in [1.807, 2.05) is 13.8 Å². The number of aliphatic hydroxyl groups is 1. The van der Waals surface area contributed by atoms with Gasteiger partial charge in [-0.15, -0.1) is 0 Å². The van der Waals surface area contributed by atoms with Crippen molar-refractivity contribution in [1.29, 1.82) is 0 Å². The maximum Gasteiger partial charge on any atom is 0.417 e. The summed E-state index contributed by atoms with van der Waals surface area (Å²) in [6.07, 6.45) is -4.73. The number of hydrogen-bond acceptors (Lipinski definition) is 3. The average Bonchev–Trinajstić information content (AvgIpc) is 2.42. The van der Waals surface area contributed by atoms with E-state index in [1.54, 1.807) is 0 Å². The molecule has 2 amide bonds. The van der Waals surface area contributed by atoms with E-state index in [4.69, 9.17) is 0 Å². The number of carbonyl (C=O) groups excluding carboxylic acids is 2. The number of hydrogen-bond donors (Lipinski definition) is 2. The molecule has 0 radical (unpaired) electrons. The van der Waals surface area contributed by atoms with Crippen LogP contribution in [0, 0.1) is 5.92 Å². The number of carbonyl (C=O) groups is 2. The van der Waals surface area contributed by atoms with Crippen molar-refractivity contribution < 1.29 is 27.9 Å². The second-order valence-corrected chi connectivity index (χ2v) is 6.12. The second kappa shape index (κ2) is 7.30. The largest absolute Gasteiger partial charge is 0.417 e. The van der Waals surface area contributed by atoms with Crippen LogP contribution in [0.2, 0.25) is 0 Å². The fourth-order valence-corrected chi connectivity index (χ4v) is 2.20. The van der Waals surface area contributed by atoms with E-state index >= 15 is 0 Å². The lowest BCUT2D eigenvalue weighted by molar-refractivity contribution is -0.272. The smallest absolute Gasteiger partial charge is 0.380 e. The summed E-state index contributed by atoms with van der Waals surface area (Å²) in [6, 6.07) is 0. The minimum Gasteiger partial charge on any atom is -0.380 e. The first-order valence-corrected chi connectivity index (χ1v) is 7.39. The SMILES string of the molecule is CC(C)CCC(=O)NCC(=O)N1CCC(O)(C(F)(F)F)CC1. The summed E-state index contributed by atoms with van der Waals surface area (Å²) in [6.45, 7) is 3.40. The maximum atomic E-state index is 12.6. The lowest BCUT2D eigenvalue weighted by Gasteiger charge is -2.39. The van der Waals surface area contributed by atoms with Crippen LogP contribution in [0.5, 0.6) is 0 Å². The quantitative estimate of drug-likeness (QED) is 0.804. The first-order chi connectivity index (χ1) is 10.0. The van der Waals surface area contributed by atoms with Gasteiger partial charge in [0.25, 0.3) is 0 Å². The summed E-state index contributed by atoms with van der Waals surface area (Å²) in [4.78, 5) is 24.6. The molecule has 1 heterocycles. The highest BCUT2D eigenvalue weighted by atomic mass is 19.4. The lowest BCUT2D eigenvalue weighted by Crippen LogP contribution is -2.55. The molecule has 1 aliphatic rings. The van der Waals surface area contributed by atoms with Crippen molar-refractivity contribution in [2.75, 3.05) is 19.6 Å². The van der Waals surface area contributed by atoms with Crippen molar-refractivity contribution in [2.24, 2.45) is 5.92 Å². The van der Waals surface area contributed by atoms with Crippen molar-refractivity contribution >= 4 is 11.8 Å². The maximum absolute atomic E-state index is 12.6. The standard InChI is InChI=1S/C14H23F3N2O3/c1-10(2)3-4-11(20)18-9-12(21)19-7-5-13(22,6-8-19)14(15,16)17/h10,22H,3-9H2,1-2H3,(H,18,20). The zero-order valence-corrected chi connectivity index (χ0v) is 12.9. The summed E-state index contributed by atoms with van der Waals surface area (Å²) in [7, 11) is 0. The second-order valence-electron chi connectivity index (χ2n) is 6.12. The zero-order chi connectivity index (χ0) is 17.0. The van der Waals surface area contributed by atoms with Gasteiger partial charge in [-0.25, -0.2) is 0 Å². The van der Waals surface area contributed by atoms with E-state index in [9.17, 15) is 27.9 Å². The predicted octanol–water partition coefficient (Wildman–Crippen LogP) is 1.45. The number of halogens is 3. The van der Waals surface area contributed by atoms with Gasteiger partial charge in [-0.1, -0.05) is 13.8 Å². The van der Waals surface area contributed by atoms with E-state index in [2.05, 4.69) is 5.32 Å². The Kier molecular flexibility index (Phi) is 6.22. The van der Waals surface area contributed by atoms with Gasteiger partial charge in [0.1, 0.15) is 0 Å². The van der Waals surface area contributed by atoms with Gasteiger partial charge in [0.2, 0.25) is 11.8 Å². The molecule has 0 unspecified atom stereocenters. The molecule has 1 rings (SSSR count). The van der Waals surface area contributed by atoms with Crippen LogP contribution in [0.1, 0.15) is 39.5 Å². The third-order valence-corrected chi connectivity index (χ3v) is 3.86. The Morgan fingerprint density at radius 3 is 2.27 bits per heavy atom. The van der Waals surface area contributed by atoms with E-state index in [1.165, 1.54) is 4.90 Å². The topological polar surface area (TPSA) is 69.6 Å². The minimum atomic E-state index is -4.69. The lowest BCUT2D eigenvalue weighted by atomic mass is 9.91. The molecule has 22 heavy (non-hydrogen) atoms.